The van der Waals surface area contributed by atoms with E-state index in [9.17, 15) is 34.8 Å². The Balaban J connectivity index is 1.58. The second-order valence-corrected chi connectivity index (χ2v) is 11.2. The van der Waals surface area contributed by atoms with E-state index in [1.165, 1.54) is 6.07 Å². The lowest BCUT2D eigenvalue weighted by molar-refractivity contribution is -0.178. The van der Waals surface area contributed by atoms with Crippen molar-refractivity contribution in [3.05, 3.63) is 70.0 Å². The zero-order chi connectivity index (χ0) is 29.1. The second kappa shape index (κ2) is 10.0. The Kier molecular flexibility index (Phi) is 6.98. The number of Topliss-reactive ketones (excluding diaryl/α,β-unsaturated/α-hetero) is 2. The molecule has 1 saturated carbocycles. The van der Waals surface area contributed by atoms with Crippen molar-refractivity contribution < 1.29 is 39.5 Å². The van der Waals surface area contributed by atoms with Gasteiger partial charge in [-0.25, -0.2) is 0 Å². The number of nitrogens with two attached hydrogens (primary N) is 1. The molecular formula is C30H34N2O8. The summed E-state index contributed by atoms with van der Waals surface area (Å²) in [6, 6.07) is 9.98. The van der Waals surface area contributed by atoms with Crippen molar-refractivity contribution in [1.82, 2.24) is 4.90 Å². The van der Waals surface area contributed by atoms with Crippen LogP contribution in [0.15, 0.2) is 47.7 Å². The predicted molar refractivity (Wildman–Crippen MR) is 144 cm³/mol. The molecule has 3 aliphatic rings. The quantitative estimate of drug-likeness (QED) is 0.330. The number of phenolic OH excluding ortho intramolecular Hbond substituents is 1. The minimum atomic E-state index is -2.59. The molecular weight excluding hydrogens is 516 g/mol. The minimum absolute atomic E-state index is 0.0295. The number of aromatic hydroxyl groups is 1. The molecule has 5 unspecified atom stereocenters. The summed E-state index contributed by atoms with van der Waals surface area (Å²) in [5, 5.41) is 44.9. The standard InChI is InChI=1S/C30H34N2O8/c1-32(2)24-19-13-16-12-18-15(8-7-14-5-4-6-17(11-14)40-3)9-10-20(33)22(18)25(34)21(16)27(36)30(19,39)28(37)23(26(24)35)29(31)38/h4-6,9-11,16,19,23-24,26,33,35-36,39H,7-8,12-13H2,1-3H3,(H2,31,38)/t16?,19?,23?,24?,26?,30-/m0/s1. The first-order valence-corrected chi connectivity index (χ1v) is 13.3. The molecule has 212 valence electrons. The van der Waals surface area contributed by atoms with Gasteiger partial charge in [-0.15, -0.1) is 0 Å². The Hall–Kier alpha value is -3.73. The van der Waals surface area contributed by atoms with Crippen LogP contribution in [0.3, 0.4) is 0 Å². The van der Waals surface area contributed by atoms with Crippen LogP contribution >= 0.6 is 0 Å². The number of ketones is 2. The highest BCUT2D eigenvalue weighted by Gasteiger charge is 2.66. The number of allylic oxidation sites excluding steroid dienone is 1. The fraction of sp³-hybridized carbons (Fsp3) is 0.433. The molecule has 0 aromatic heterocycles. The Labute approximate surface area is 231 Å². The average molecular weight is 551 g/mol. The molecule has 6 N–H and O–H groups in total. The van der Waals surface area contributed by atoms with Gasteiger partial charge in [-0.1, -0.05) is 18.2 Å². The van der Waals surface area contributed by atoms with E-state index in [2.05, 4.69) is 0 Å². The lowest BCUT2D eigenvalue weighted by Crippen LogP contribution is -2.71. The molecule has 1 fully saturated rings. The number of primary amides is 1. The summed E-state index contributed by atoms with van der Waals surface area (Å²) >= 11 is 0. The second-order valence-electron chi connectivity index (χ2n) is 11.2. The molecule has 1 amide bonds. The van der Waals surface area contributed by atoms with E-state index in [-0.39, 0.29) is 29.7 Å². The molecule has 10 heteroatoms. The van der Waals surface area contributed by atoms with Crippen LogP contribution in [0.1, 0.15) is 33.5 Å². The summed E-state index contributed by atoms with van der Waals surface area (Å²) in [6.45, 7) is 0. The maximum Gasteiger partial charge on any atom is 0.230 e. The molecule has 2 aromatic rings. The number of likely N-dealkylation sites (N-methyl/N-ethyl adjacent to an activating group) is 1. The first-order chi connectivity index (χ1) is 18.9. The Morgan fingerprint density at radius 2 is 1.88 bits per heavy atom. The van der Waals surface area contributed by atoms with Crippen molar-refractivity contribution in [2.45, 2.75) is 43.4 Å². The maximum atomic E-state index is 13.8. The van der Waals surface area contributed by atoms with Crippen LogP contribution < -0.4 is 10.5 Å². The van der Waals surface area contributed by atoms with Gasteiger partial charge in [0.15, 0.2) is 17.2 Å². The van der Waals surface area contributed by atoms with E-state index in [1.807, 2.05) is 24.3 Å². The molecule has 5 rings (SSSR count). The van der Waals surface area contributed by atoms with E-state index < -0.39 is 58.7 Å². The number of carbonyl (C=O) groups excluding carboxylic acids is 3. The van der Waals surface area contributed by atoms with Gasteiger partial charge in [-0.05, 0) is 80.6 Å². The smallest absolute Gasteiger partial charge is 0.230 e. The van der Waals surface area contributed by atoms with E-state index >= 15 is 0 Å². The van der Waals surface area contributed by atoms with Crippen LogP contribution in [0.2, 0.25) is 0 Å². The number of rotatable bonds is 6. The van der Waals surface area contributed by atoms with Crippen LogP contribution in [0, 0.1) is 17.8 Å². The largest absolute Gasteiger partial charge is 0.508 e. The minimum Gasteiger partial charge on any atom is -0.508 e. The van der Waals surface area contributed by atoms with Gasteiger partial charge in [-0.3, -0.25) is 14.4 Å². The van der Waals surface area contributed by atoms with E-state index in [1.54, 1.807) is 32.2 Å². The topological polar surface area (TPSA) is 171 Å². The number of ether oxygens (including phenoxy) is 1. The Bertz CT molecular complexity index is 1430. The normalized spacial score (nSPS) is 29.6. The third kappa shape index (κ3) is 4.09. The van der Waals surface area contributed by atoms with Gasteiger partial charge in [0.2, 0.25) is 5.91 Å². The van der Waals surface area contributed by atoms with Crippen LogP contribution in [0.5, 0.6) is 11.5 Å². The summed E-state index contributed by atoms with van der Waals surface area (Å²) in [6.07, 6.45) is 0.0866. The van der Waals surface area contributed by atoms with Gasteiger partial charge in [0.05, 0.1) is 18.8 Å². The number of amides is 1. The summed E-state index contributed by atoms with van der Waals surface area (Å²) in [5.41, 5.74) is 5.26. The van der Waals surface area contributed by atoms with Crippen LogP contribution in [0.25, 0.3) is 0 Å². The SMILES string of the molecule is COc1cccc(CCc2ccc(O)c3c2CC2CC4C(N(C)C)C(O)C(C(N)=O)C(=O)[C@@]4(O)C(O)=C2C3=O)c1. The van der Waals surface area contributed by atoms with Crippen LogP contribution in [-0.2, 0) is 28.9 Å². The maximum absolute atomic E-state index is 13.8. The Morgan fingerprint density at radius 3 is 2.52 bits per heavy atom. The van der Waals surface area contributed by atoms with E-state index in [0.717, 1.165) is 16.9 Å². The highest BCUT2D eigenvalue weighted by atomic mass is 16.5. The molecule has 40 heavy (non-hydrogen) atoms. The summed E-state index contributed by atoms with van der Waals surface area (Å²) < 4.78 is 5.31. The van der Waals surface area contributed by atoms with Crippen molar-refractivity contribution >= 4 is 17.5 Å². The Morgan fingerprint density at radius 1 is 1.15 bits per heavy atom. The number of benzene rings is 2. The van der Waals surface area contributed by atoms with Gasteiger partial charge in [-0.2, -0.15) is 0 Å². The van der Waals surface area contributed by atoms with Crippen molar-refractivity contribution in [3.63, 3.8) is 0 Å². The number of hydrogen-bond donors (Lipinski definition) is 5. The predicted octanol–water partition coefficient (Wildman–Crippen LogP) is 1.08. The zero-order valence-corrected chi connectivity index (χ0v) is 22.6. The molecule has 2 aromatic carbocycles. The van der Waals surface area contributed by atoms with Crippen molar-refractivity contribution in [2.24, 2.45) is 23.5 Å². The highest BCUT2D eigenvalue weighted by molar-refractivity contribution is 6.15. The monoisotopic (exact) mass is 550 g/mol. The molecule has 0 heterocycles. The summed E-state index contributed by atoms with van der Waals surface area (Å²) in [7, 11) is 4.86. The fourth-order valence-corrected chi connectivity index (χ4v) is 7.01. The van der Waals surface area contributed by atoms with Gasteiger partial charge in [0.1, 0.15) is 23.2 Å². The number of nitrogens with zero attached hydrogens (tertiary/aromatic N) is 1. The van der Waals surface area contributed by atoms with Crippen LogP contribution in [-0.4, -0.2) is 81.8 Å². The first kappa shape index (κ1) is 27.8. The number of phenols is 1. The number of aliphatic hydroxyl groups is 3. The summed E-state index contributed by atoms with van der Waals surface area (Å²) in [5.74, 6) is -6.66. The van der Waals surface area contributed by atoms with Crippen LogP contribution in [0.4, 0.5) is 0 Å². The molecule has 0 bridgehead atoms. The van der Waals surface area contributed by atoms with Crippen molar-refractivity contribution in [1.29, 1.82) is 0 Å². The number of methoxy groups -OCH3 is 1. The van der Waals surface area contributed by atoms with Gasteiger partial charge in [0, 0.05) is 17.5 Å². The lowest BCUT2D eigenvalue weighted by atomic mass is 9.56. The van der Waals surface area contributed by atoms with Gasteiger partial charge < -0.3 is 35.8 Å². The molecule has 0 saturated heterocycles. The van der Waals surface area contributed by atoms with Gasteiger partial charge >= 0.3 is 0 Å². The van der Waals surface area contributed by atoms with Gasteiger partial charge in [0.25, 0.3) is 0 Å². The summed E-state index contributed by atoms with van der Waals surface area (Å²) in [4.78, 5) is 41.0. The van der Waals surface area contributed by atoms with E-state index in [4.69, 9.17) is 10.5 Å². The van der Waals surface area contributed by atoms with Crippen molar-refractivity contribution in [3.8, 4) is 11.5 Å². The zero-order valence-electron chi connectivity index (χ0n) is 22.6. The number of carbonyl (C=O) groups is 3. The molecule has 0 aliphatic heterocycles. The van der Waals surface area contributed by atoms with E-state index in [0.29, 0.717) is 18.4 Å². The molecule has 0 spiro atoms. The third-order valence-electron chi connectivity index (χ3n) is 8.89. The average Bonchev–Trinajstić information content (AvgIpc) is 2.90. The molecule has 0 radical (unpaired) electrons. The number of aryl methyl sites for hydroxylation is 2. The lowest BCUT2D eigenvalue weighted by Gasteiger charge is -2.53. The highest BCUT2D eigenvalue weighted by Crippen LogP contribution is 2.52. The number of aliphatic hydroxyl groups excluding tert-OH is 2. The molecule has 6 atom stereocenters. The third-order valence-corrected chi connectivity index (χ3v) is 8.89. The first-order valence-electron chi connectivity index (χ1n) is 13.3. The fourth-order valence-electron chi connectivity index (χ4n) is 7.01. The number of fused-ring (bicyclic) bond motifs is 3. The number of hydrogen-bond acceptors (Lipinski definition) is 9. The molecule has 3 aliphatic carbocycles. The molecule has 10 nitrogen and oxygen atoms in total. The van der Waals surface area contributed by atoms with Crippen molar-refractivity contribution in [2.75, 3.05) is 21.2 Å².